The van der Waals surface area contributed by atoms with Crippen LogP contribution in [-0.4, -0.2) is 44.5 Å². The molecule has 0 radical (unpaired) electrons. The monoisotopic (exact) mass is 400 g/mol. The average Bonchev–Trinajstić information content (AvgIpc) is 3.52. The number of nitrogens with one attached hydrogen (secondary N) is 1. The van der Waals surface area contributed by atoms with E-state index >= 15 is 0 Å². The molecule has 7 nitrogen and oxygen atoms in total. The quantitative estimate of drug-likeness (QED) is 0.559. The SMILES string of the molecule is Cc1cn2cccc2c(N2CC[C@H](CNC(=O)c3cn(-c4ccccc4)cn3)C2)n1. The second kappa shape index (κ2) is 7.67. The van der Waals surface area contributed by atoms with Crippen LogP contribution in [0.15, 0.2) is 67.4 Å². The molecule has 3 aromatic heterocycles. The van der Waals surface area contributed by atoms with E-state index in [2.05, 4.69) is 31.9 Å². The van der Waals surface area contributed by atoms with E-state index in [0.29, 0.717) is 18.2 Å². The van der Waals surface area contributed by atoms with Crippen molar-refractivity contribution < 1.29 is 4.79 Å². The van der Waals surface area contributed by atoms with Crippen molar-refractivity contribution in [3.05, 3.63) is 78.8 Å². The van der Waals surface area contributed by atoms with E-state index in [0.717, 1.165) is 42.2 Å². The number of hydrogen-bond acceptors (Lipinski definition) is 4. The van der Waals surface area contributed by atoms with Crippen LogP contribution in [0.4, 0.5) is 5.82 Å². The van der Waals surface area contributed by atoms with E-state index in [1.165, 1.54) is 0 Å². The molecule has 7 heteroatoms. The van der Waals surface area contributed by atoms with Gasteiger partial charge in [0.25, 0.3) is 5.91 Å². The Morgan fingerprint density at radius 2 is 2.03 bits per heavy atom. The molecule has 1 aliphatic rings. The standard InChI is InChI=1S/C23H24N6O/c1-17-13-27-10-5-8-21(27)22(26-17)28-11-9-18(14-28)12-24-23(30)20-15-29(16-25-20)19-6-3-2-4-7-19/h2-8,10,13,15-16,18H,9,11-12,14H2,1H3,(H,24,30)/t18-/m1/s1. The molecule has 1 N–H and O–H groups in total. The summed E-state index contributed by atoms with van der Waals surface area (Å²) in [6.07, 6.45) is 8.57. The van der Waals surface area contributed by atoms with Gasteiger partial charge >= 0.3 is 0 Å². The fraction of sp³-hybridized carbons (Fsp3) is 0.261. The van der Waals surface area contributed by atoms with Crippen molar-refractivity contribution in [3.63, 3.8) is 0 Å². The first-order chi connectivity index (χ1) is 14.7. The lowest BCUT2D eigenvalue weighted by atomic mass is 10.1. The second-order valence-electron chi connectivity index (χ2n) is 7.82. The Bertz CT molecular complexity index is 1180. The van der Waals surface area contributed by atoms with Gasteiger partial charge in [-0.3, -0.25) is 4.79 Å². The van der Waals surface area contributed by atoms with Crippen molar-refractivity contribution in [2.75, 3.05) is 24.5 Å². The predicted octanol–water partition coefficient (Wildman–Crippen LogP) is 3.08. The first-order valence-corrected chi connectivity index (χ1v) is 10.2. The summed E-state index contributed by atoms with van der Waals surface area (Å²) in [5, 5.41) is 3.05. The molecule has 0 saturated carbocycles. The summed E-state index contributed by atoms with van der Waals surface area (Å²) >= 11 is 0. The summed E-state index contributed by atoms with van der Waals surface area (Å²) in [4.78, 5) is 23.9. The van der Waals surface area contributed by atoms with E-state index in [-0.39, 0.29) is 5.91 Å². The maximum atomic E-state index is 12.6. The van der Waals surface area contributed by atoms with Crippen LogP contribution in [0, 0.1) is 12.8 Å². The van der Waals surface area contributed by atoms with E-state index in [4.69, 9.17) is 4.98 Å². The summed E-state index contributed by atoms with van der Waals surface area (Å²) in [5.74, 6) is 1.28. The molecular formula is C23H24N6O. The smallest absolute Gasteiger partial charge is 0.271 e. The molecule has 1 saturated heterocycles. The highest BCUT2D eigenvalue weighted by Crippen LogP contribution is 2.26. The molecule has 0 unspecified atom stereocenters. The molecule has 0 spiro atoms. The van der Waals surface area contributed by atoms with Crippen molar-refractivity contribution in [1.82, 2.24) is 24.3 Å². The second-order valence-corrected chi connectivity index (χ2v) is 7.82. The minimum atomic E-state index is -0.134. The zero-order valence-electron chi connectivity index (χ0n) is 16.9. The third-order valence-electron chi connectivity index (χ3n) is 5.62. The van der Waals surface area contributed by atoms with Crippen LogP contribution in [0.3, 0.4) is 0 Å². The molecule has 1 aromatic carbocycles. The zero-order valence-corrected chi connectivity index (χ0v) is 16.9. The predicted molar refractivity (Wildman–Crippen MR) is 116 cm³/mol. The number of rotatable bonds is 5. The number of benzene rings is 1. The molecule has 30 heavy (non-hydrogen) atoms. The van der Waals surface area contributed by atoms with Gasteiger partial charge in [0.05, 0.1) is 11.2 Å². The summed E-state index contributed by atoms with van der Waals surface area (Å²) in [7, 11) is 0. The van der Waals surface area contributed by atoms with Crippen molar-refractivity contribution >= 4 is 17.2 Å². The van der Waals surface area contributed by atoms with Gasteiger partial charge in [-0.15, -0.1) is 0 Å². The number of amides is 1. The number of aryl methyl sites for hydroxylation is 1. The fourth-order valence-electron chi connectivity index (χ4n) is 4.08. The Morgan fingerprint density at radius 3 is 2.90 bits per heavy atom. The maximum absolute atomic E-state index is 12.6. The van der Waals surface area contributed by atoms with E-state index in [9.17, 15) is 4.79 Å². The topological polar surface area (TPSA) is 67.5 Å². The molecule has 1 aliphatic heterocycles. The van der Waals surface area contributed by atoms with Gasteiger partial charge in [0, 0.05) is 43.9 Å². The Hall–Kier alpha value is -3.61. The number of para-hydroxylation sites is 1. The molecule has 4 heterocycles. The maximum Gasteiger partial charge on any atom is 0.271 e. The summed E-state index contributed by atoms with van der Waals surface area (Å²) < 4.78 is 3.98. The van der Waals surface area contributed by atoms with Crippen LogP contribution in [0.2, 0.25) is 0 Å². The number of carbonyl (C=O) groups excluding carboxylic acids is 1. The lowest BCUT2D eigenvalue weighted by Gasteiger charge is -2.19. The fourth-order valence-corrected chi connectivity index (χ4v) is 4.08. The largest absolute Gasteiger partial charge is 0.355 e. The number of imidazole rings is 1. The van der Waals surface area contributed by atoms with Gasteiger partial charge in [0.2, 0.25) is 0 Å². The molecule has 0 bridgehead atoms. The highest BCUT2D eigenvalue weighted by Gasteiger charge is 2.26. The molecule has 5 rings (SSSR count). The highest BCUT2D eigenvalue weighted by atomic mass is 16.1. The molecule has 0 aliphatic carbocycles. The van der Waals surface area contributed by atoms with Crippen LogP contribution in [-0.2, 0) is 0 Å². The Labute approximate surface area is 175 Å². The first-order valence-electron chi connectivity index (χ1n) is 10.2. The Balaban J connectivity index is 1.21. The van der Waals surface area contributed by atoms with Gasteiger partial charge in [0.15, 0.2) is 5.82 Å². The highest BCUT2D eigenvalue weighted by molar-refractivity contribution is 5.92. The average molecular weight is 400 g/mol. The number of nitrogens with zero attached hydrogens (tertiary/aromatic N) is 5. The number of aromatic nitrogens is 4. The van der Waals surface area contributed by atoms with Gasteiger partial charge < -0.3 is 19.2 Å². The normalized spacial score (nSPS) is 16.3. The van der Waals surface area contributed by atoms with Gasteiger partial charge in [-0.25, -0.2) is 9.97 Å². The van der Waals surface area contributed by atoms with Gasteiger partial charge in [0.1, 0.15) is 12.0 Å². The minimum absolute atomic E-state index is 0.134. The Kier molecular flexibility index (Phi) is 4.71. The lowest BCUT2D eigenvalue weighted by Crippen LogP contribution is -2.31. The van der Waals surface area contributed by atoms with Crippen LogP contribution >= 0.6 is 0 Å². The third-order valence-corrected chi connectivity index (χ3v) is 5.62. The van der Waals surface area contributed by atoms with Crippen LogP contribution in [0.25, 0.3) is 11.2 Å². The lowest BCUT2D eigenvalue weighted by molar-refractivity contribution is 0.0943. The van der Waals surface area contributed by atoms with Gasteiger partial charge in [-0.1, -0.05) is 18.2 Å². The number of carbonyl (C=O) groups is 1. The molecule has 1 fully saturated rings. The van der Waals surface area contributed by atoms with Crippen LogP contribution in [0.5, 0.6) is 0 Å². The van der Waals surface area contributed by atoms with Crippen LogP contribution in [0.1, 0.15) is 22.6 Å². The number of hydrogen-bond donors (Lipinski definition) is 1. The molecule has 4 aromatic rings. The van der Waals surface area contributed by atoms with Crippen molar-refractivity contribution in [1.29, 1.82) is 0 Å². The van der Waals surface area contributed by atoms with E-state index in [1.807, 2.05) is 54.1 Å². The summed E-state index contributed by atoms with van der Waals surface area (Å²) in [6.45, 7) is 4.48. The number of fused-ring (bicyclic) bond motifs is 1. The van der Waals surface area contributed by atoms with Crippen molar-refractivity contribution in [2.24, 2.45) is 5.92 Å². The van der Waals surface area contributed by atoms with Crippen molar-refractivity contribution in [2.45, 2.75) is 13.3 Å². The van der Waals surface area contributed by atoms with E-state index in [1.54, 1.807) is 12.5 Å². The summed E-state index contributed by atoms with van der Waals surface area (Å²) in [6, 6.07) is 14.0. The van der Waals surface area contributed by atoms with Gasteiger partial charge in [-0.2, -0.15) is 0 Å². The Morgan fingerprint density at radius 1 is 1.17 bits per heavy atom. The first kappa shape index (κ1) is 18.4. The third kappa shape index (κ3) is 3.54. The molecule has 152 valence electrons. The summed E-state index contributed by atoms with van der Waals surface area (Å²) in [5.41, 5.74) is 3.54. The van der Waals surface area contributed by atoms with Crippen LogP contribution < -0.4 is 10.2 Å². The molecule has 1 atom stereocenters. The molecule has 1 amide bonds. The minimum Gasteiger partial charge on any atom is -0.355 e. The number of anilines is 1. The van der Waals surface area contributed by atoms with E-state index < -0.39 is 0 Å². The van der Waals surface area contributed by atoms with Crippen molar-refractivity contribution in [3.8, 4) is 5.69 Å². The molecular weight excluding hydrogens is 376 g/mol. The zero-order chi connectivity index (χ0) is 20.5. The van der Waals surface area contributed by atoms with Gasteiger partial charge in [-0.05, 0) is 43.5 Å².